The van der Waals surface area contributed by atoms with Crippen LogP contribution in [0.3, 0.4) is 0 Å². The molecule has 1 aliphatic heterocycles. The van der Waals surface area contributed by atoms with Gasteiger partial charge in [0, 0.05) is 19.5 Å². The SMILES string of the molecule is CCC(C)c1ccccc1OCC(=O)N1CCC(CC(=O)O)CC1. The molecule has 1 aliphatic rings. The number of aliphatic carboxylic acids is 1. The van der Waals surface area contributed by atoms with E-state index >= 15 is 0 Å². The minimum atomic E-state index is -0.759. The zero-order valence-corrected chi connectivity index (χ0v) is 14.5. The normalized spacial score (nSPS) is 16.7. The Morgan fingerprint density at radius 3 is 2.58 bits per heavy atom. The number of piperidine rings is 1. The van der Waals surface area contributed by atoms with E-state index in [9.17, 15) is 9.59 Å². The van der Waals surface area contributed by atoms with Crippen LogP contribution in [-0.4, -0.2) is 41.6 Å². The first kappa shape index (κ1) is 18.3. The molecule has 0 saturated carbocycles. The maximum atomic E-state index is 12.3. The van der Waals surface area contributed by atoms with Gasteiger partial charge in [-0.15, -0.1) is 0 Å². The highest BCUT2D eigenvalue weighted by Crippen LogP contribution is 2.28. The molecule has 1 unspecified atom stereocenters. The molecule has 132 valence electrons. The molecule has 2 rings (SSSR count). The zero-order valence-electron chi connectivity index (χ0n) is 14.5. The number of nitrogens with zero attached hydrogens (tertiary/aromatic N) is 1. The molecule has 1 N–H and O–H groups in total. The Labute approximate surface area is 143 Å². The summed E-state index contributed by atoms with van der Waals surface area (Å²) >= 11 is 0. The van der Waals surface area contributed by atoms with Gasteiger partial charge in [-0.25, -0.2) is 0 Å². The van der Waals surface area contributed by atoms with Crippen LogP contribution in [0.2, 0.25) is 0 Å². The van der Waals surface area contributed by atoms with Crippen LogP contribution in [0.5, 0.6) is 5.75 Å². The number of para-hydroxylation sites is 1. The summed E-state index contributed by atoms with van der Waals surface area (Å²) in [5, 5.41) is 8.84. The van der Waals surface area contributed by atoms with E-state index in [4.69, 9.17) is 9.84 Å². The molecule has 0 aromatic heterocycles. The van der Waals surface area contributed by atoms with Crippen LogP contribution in [0.25, 0.3) is 0 Å². The predicted molar refractivity (Wildman–Crippen MR) is 92.2 cm³/mol. The minimum absolute atomic E-state index is 0.0253. The third-order valence-electron chi connectivity index (χ3n) is 4.84. The minimum Gasteiger partial charge on any atom is -0.483 e. The fraction of sp³-hybridized carbons (Fsp3) is 0.579. The van der Waals surface area contributed by atoms with Gasteiger partial charge >= 0.3 is 5.97 Å². The number of hydrogen-bond donors (Lipinski definition) is 1. The van der Waals surface area contributed by atoms with Crippen LogP contribution in [-0.2, 0) is 9.59 Å². The molecule has 0 radical (unpaired) electrons. The molecule has 1 aromatic carbocycles. The van der Waals surface area contributed by atoms with E-state index in [2.05, 4.69) is 13.8 Å². The van der Waals surface area contributed by atoms with Gasteiger partial charge in [-0.1, -0.05) is 32.0 Å². The first-order valence-corrected chi connectivity index (χ1v) is 8.72. The summed E-state index contributed by atoms with van der Waals surface area (Å²) < 4.78 is 5.78. The second kappa shape index (κ2) is 8.71. The Kier molecular flexibility index (Phi) is 6.64. The van der Waals surface area contributed by atoms with Crippen molar-refractivity contribution in [2.24, 2.45) is 5.92 Å². The van der Waals surface area contributed by atoms with E-state index in [0.29, 0.717) is 19.0 Å². The molecule has 1 heterocycles. The van der Waals surface area contributed by atoms with Crippen LogP contribution in [0.15, 0.2) is 24.3 Å². The predicted octanol–water partition coefficient (Wildman–Crippen LogP) is 3.29. The third-order valence-corrected chi connectivity index (χ3v) is 4.84. The van der Waals surface area contributed by atoms with E-state index in [-0.39, 0.29) is 24.9 Å². The molecule has 0 spiro atoms. The largest absolute Gasteiger partial charge is 0.483 e. The number of carboxylic acid groups (broad SMARTS) is 1. The van der Waals surface area contributed by atoms with E-state index in [1.165, 1.54) is 0 Å². The fourth-order valence-corrected chi connectivity index (χ4v) is 3.10. The lowest BCUT2D eigenvalue weighted by Gasteiger charge is -2.31. The van der Waals surface area contributed by atoms with E-state index in [1.54, 1.807) is 4.90 Å². The summed E-state index contributed by atoms with van der Waals surface area (Å²) in [4.78, 5) is 24.9. The number of likely N-dealkylation sites (tertiary alicyclic amines) is 1. The average Bonchev–Trinajstić information content (AvgIpc) is 2.59. The molecule has 5 nitrogen and oxygen atoms in total. The van der Waals surface area contributed by atoms with Gasteiger partial charge in [0.25, 0.3) is 5.91 Å². The molecule has 0 aliphatic carbocycles. The van der Waals surface area contributed by atoms with Gasteiger partial charge in [-0.2, -0.15) is 0 Å². The van der Waals surface area contributed by atoms with Gasteiger partial charge in [-0.3, -0.25) is 9.59 Å². The highest BCUT2D eigenvalue weighted by atomic mass is 16.5. The molecule has 1 saturated heterocycles. The van der Waals surface area contributed by atoms with Crippen LogP contribution in [0.4, 0.5) is 0 Å². The van der Waals surface area contributed by atoms with Crippen molar-refractivity contribution in [1.82, 2.24) is 4.90 Å². The van der Waals surface area contributed by atoms with E-state index in [1.807, 2.05) is 24.3 Å². The Hall–Kier alpha value is -2.04. The molecule has 1 atom stereocenters. The van der Waals surface area contributed by atoms with E-state index < -0.39 is 5.97 Å². The molecule has 1 amide bonds. The van der Waals surface area contributed by atoms with Crippen molar-refractivity contribution in [2.45, 2.75) is 45.4 Å². The van der Waals surface area contributed by atoms with Crippen molar-refractivity contribution >= 4 is 11.9 Å². The summed E-state index contributed by atoms with van der Waals surface area (Å²) in [5.41, 5.74) is 1.13. The molecule has 24 heavy (non-hydrogen) atoms. The van der Waals surface area contributed by atoms with E-state index in [0.717, 1.165) is 30.6 Å². The molecule has 5 heteroatoms. The Balaban J connectivity index is 1.85. The van der Waals surface area contributed by atoms with Gasteiger partial charge < -0.3 is 14.7 Å². The number of hydrogen-bond acceptors (Lipinski definition) is 3. The molecule has 0 bridgehead atoms. The molecule has 1 aromatic rings. The quantitative estimate of drug-likeness (QED) is 0.831. The molecule has 1 fully saturated rings. The van der Waals surface area contributed by atoms with Gasteiger partial charge in [0.1, 0.15) is 5.75 Å². The summed E-state index contributed by atoms with van der Waals surface area (Å²) in [7, 11) is 0. The van der Waals surface area contributed by atoms with Crippen LogP contribution >= 0.6 is 0 Å². The number of rotatable bonds is 7. The Morgan fingerprint density at radius 2 is 1.96 bits per heavy atom. The lowest BCUT2D eigenvalue weighted by Crippen LogP contribution is -2.41. The van der Waals surface area contributed by atoms with Crippen LogP contribution in [0, 0.1) is 5.92 Å². The lowest BCUT2D eigenvalue weighted by atomic mass is 9.93. The number of benzene rings is 1. The third kappa shape index (κ3) is 4.98. The number of carbonyl (C=O) groups excluding carboxylic acids is 1. The number of carbonyl (C=O) groups is 2. The second-order valence-corrected chi connectivity index (χ2v) is 6.56. The topological polar surface area (TPSA) is 66.8 Å². The number of ether oxygens (including phenoxy) is 1. The summed E-state index contributed by atoms with van der Waals surface area (Å²) in [6, 6.07) is 7.87. The Morgan fingerprint density at radius 1 is 1.29 bits per heavy atom. The van der Waals surface area contributed by atoms with Crippen molar-refractivity contribution in [3.05, 3.63) is 29.8 Å². The molecular weight excluding hydrogens is 306 g/mol. The van der Waals surface area contributed by atoms with Gasteiger partial charge in [0.15, 0.2) is 6.61 Å². The highest BCUT2D eigenvalue weighted by molar-refractivity contribution is 5.78. The second-order valence-electron chi connectivity index (χ2n) is 6.56. The fourth-order valence-electron chi connectivity index (χ4n) is 3.10. The molecular formula is C19H27NO4. The van der Waals surface area contributed by atoms with Gasteiger partial charge in [0.2, 0.25) is 0 Å². The number of carboxylic acids is 1. The first-order valence-electron chi connectivity index (χ1n) is 8.72. The lowest BCUT2D eigenvalue weighted by molar-refractivity contribution is -0.139. The van der Waals surface area contributed by atoms with Crippen LogP contribution < -0.4 is 4.74 Å². The maximum absolute atomic E-state index is 12.3. The van der Waals surface area contributed by atoms with Crippen molar-refractivity contribution < 1.29 is 19.4 Å². The summed E-state index contributed by atoms with van der Waals surface area (Å²) in [6.45, 7) is 5.56. The summed E-state index contributed by atoms with van der Waals surface area (Å²) in [6.07, 6.45) is 2.72. The average molecular weight is 333 g/mol. The van der Waals surface area contributed by atoms with Gasteiger partial charge in [0.05, 0.1) is 0 Å². The number of amides is 1. The smallest absolute Gasteiger partial charge is 0.303 e. The van der Waals surface area contributed by atoms with Crippen molar-refractivity contribution in [1.29, 1.82) is 0 Å². The summed E-state index contributed by atoms with van der Waals surface area (Å²) in [5.74, 6) is 0.565. The van der Waals surface area contributed by atoms with Crippen LogP contribution in [0.1, 0.15) is 51.0 Å². The monoisotopic (exact) mass is 333 g/mol. The Bertz CT molecular complexity index is 564. The highest BCUT2D eigenvalue weighted by Gasteiger charge is 2.24. The maximum Gasteiger partial charge on any atom is 0.303 e. The van der Waals surface area contributed by atoms with Crippen molar-refractivity contribution in [3.63, 3.8) is 0 Å². The van der Waals surface area contributed by atoms with Gasteiger partial charge in [-0.05, 0) is 42.7 Å². The first-order chi connectivity index (χ1) is 11.5. The standard InChI is InChI=1S/C19H27NO4/c1-3-14(2)16-6-4-5-7-17(16)24-13-18(21)20-10-8-15(9-11-20)12-19(22)23/h4-7,14-15H,3,8-13H2,1-2H3,(H,22,23). The van der Waals surface area contributed by atoms with Crippen molar-refractivity contribution in [2.75, 3.05) is 19.7 Å². The van der Waals surface area contributed by atoms with Crippen molar-refractivity contribution in [3.8, 4) is 5.75 Å². The zero-order chi connectivity index (χ0) is 17.5.